The molecule has 2 aromatic carbocycles. The van der Waals surface area contributed by atoms with Gasteiger partial charge in [0, 0.05) is 25.1 Å². The summed E-state index contributed by atoms with van der Waals surface area (Å²) >= 11 is 12.9. The second-order valence-corrected chi connectivity index (χ2v) is 9.68. The molecule has 0 radical (unpaired) electrons. The number of nitrogens with zero attached hydrogens (tertiary/aromatic N) is 1. The number of halogens is 2. The number of esters is 1. The minimum absolute atomic E-state index is 0. The van der Waals surface area contributed by atoms with Crippen molar-refractivity contribution in [2.24, 2.45) is 0 Å². The summed E-state index contributed by atoms with van der Waals surface area (Å²) in [7, 11) is 6.36. The van der Waals surface area contributed by atoms with Crippen LogP contribution in [0.15, 0.2) is 42.7 Å². The van der Waals surface area contributed by atoms with Crippen molar-refractivity contribution in [3.8, 4) is 23.0 Å². The second kappa shape index (κ2) is 13.7. The molecule has 1 aromatic heterocycles. The Morgan fingerprint density at radius 3 is 2.10 bits per heavy atom. The number of hydrogen-bond donors (Lipinski definition) is 0. The molecule has 2 N–H and O–H groups in total. The Morgan fingerprint density at radius 2 is 1.49 bits per heavy atom. The number of rotatable bonds is 10. The monoisotopic (exact) mass is 578 g/mol. The van der Waals surface area contributed by atoms with Crippen LogP contribution in [-0.2, 0) is 28.9 Å². The molecule has 1 aliphatic rings. The van der Waals surface area contributed by atoms with E-state index in [1.165, 1.54) is 5.56 Å². The number of fused-ring (bicyclic) bond motifs is 1. The zero-order chi connectivity index (χ0) is 27.2. The Morgan fingerprint density at radius 1 is 0.897 bits per heavy atom. The number of aromatic amines is 1. The van der Waals surface area contributed by atoms with Crippen LogP contribution in [0.2, 0.25) is 10.0 Å². The van der Waals surface area contributed by atoms with E-state index in [1.54, 1.807) is 53.0 Å². The molecule has 11 heteroatoms. The van der Waals surface area contributed by atoms with Crippen molar-refractivity contribution in [1.29, 1.82) is 0 Å². The van der Waals surface area contributed by atoms with E-state index >= 15 is 0 Å². The number of ether oxygens (including phenoxy) is 5. The topological polar surface area (TPSA) is 111 Å². The van der Waals surface area contributed by atoms with E-state index < -0.39 is 6.10 Å². The minimum Gasteiger partial charge on any atom is -0.870 e. The van der Waals surface area contributed by atoms with Crippen LogP contribution in [0, 0.1) is 0 Å². The normalized spacial score (nSPS) is 13.5. The number of carbonyl (C=O) groups is 1. The van der Waals surface area contributed by atoms with Gasteiger partial charge in [-0.1, -0.05) is 29.3 Å². The highest BCUT2D eigenvalue weighted by Gasteiger charge is 2.26. The van der Waals surface area contributed by atoms with Crippen LogP contribution in [0.1, 0.15) is 28.4 Å². The lowest BCUT2D eigenvalue weighted by Crippen LogP contribution is -2.36. The van der Waals surface area contributed by atoms with Gasteiger partial charge in [-0.2, -0.15) is 0 Å². The van der Waals surface area contributed by atoms with Gasteiger partial charge in [-0.15, -0.1) is 0 Å². The number of hydrogen-bond acceptors (Lipinski definition) is 8. The highest BCUT2D eigenvalue weighted by Crippen LogP contribution is 2.36. The van der Waals surface area contributed by atoms with Crippen LogP contribution in [-0.4, -0.2) is 57.9 Å². The third-order valence-electron chi connectivity index (χ3n) is 6.59. The summed E-state index contributed by atoms with van der Waals surface area (Å²) in [4.78, 5) is 18.2. The predicted molar refractivity (Wildman–Crippen MR) is 146 cm³/mol. The fourth-order valence-corrected chi connectivity index (χ4v) is 5.12. The summed E-state index contributed by atoms with van der Waals surface area (Å²) in [6, 6.07) is 9.38. The smallest absolute Gasteiger partial charge is 0.320 e. The number of nitrogens with one attached hydrogen (secondary N) is 1. The van der Waals surface area contributed by atoms with Gasteiger partial charge < -0.3 is 29.2 Å². The van der Waals surface area contributed by atoms with Gasteiger partial charge in [0.15, 0.2) is 35.4 Å². The quantitative estimate of drug-likeness (QED) is 0.322. The molecule has 210 valence electrons. The van der Waals surface area contributed by atoms with Crippen LogP contribution in [0.4, 0.5) is 0 Å². The molecule has 0 amide bonds. The van der Waals surface area contributed by atoms with Gasteiger partial charge in [0.25, 0.3) is 0 Å². The fourth-order valence-electron chi connectivity index (χ4n) is 4.59. The summed E-state index contributed by atoms with van der Waals surface area (Å²) in [5.74, 6) is 2.11. The summed E-state index contributed by atoms with van der Waals surface area (Å²) < 4.78 is 27.8. The number of pyridine rings is 1. The third kappa shape index (κ3) is 7.05. The maximum Gasteiger partial charge on any atom is 0.320 e. The molecule has 0 saturated carbocycles. The molecule has 2 heterocycles. The molecule has 0 unspecified atom stereocenters. The molecule has 0 aliphatic carbocycles. The zero-order valence-corrected chi connectivity index (χ0v) is 23.8. The van der Waals surface area contributed by atoms with E-state index in [0.29, 0.717) is 51.7 Å². The van der Waals surface area contributed by atoms with E-state index in [-0.39, 0.29) is 24.4 Å². The van der Waals surface area contributed by atoms with E-state index in [1.807, 2.05) is 18.2 Å². The van der Waals surface area contributed by atoms with Crippen LogP contribution in [0.3, 0.4) is 0 Å². The molecule has 1 aliphatic heterocycles. The zero-order valence-electron chi connectivity index (χ0n) is 22.3. The lowest BCUT2D eigenvalue weighted by molar-refractivity contribution is -0.377. The first kappa shape index (κ1) is 30.3. The highest BCUT2D eigenvalue weighted by atomic mass is 35.5. The van der Waals surface area contributed by atoms with Crippen LogP contribution >= 0.6 is 23.2 Å². The fraction of sp³-hybridized carbons (Fsp3) is 0.357. The number of aromatic nitrogens is 1. The summed E-state index contributed by atoms with van der Waals surface area (Å²) in [6.07, 6.45) is 3.71. The van der Waals surface area contributed by atoms with Crippen LogP contribution in [0.5, 0.6) is 23.0 Å². The molecule has 0 fully saturated rings. The van der Waals surface area contributed by atoms with Gasteiger partial charge in [-0.05, 0) is 47.4 Å². The maximum atomic E-state index is 13.2. The number of methoxy groups -OCH3 is 4. The van der Waals surface area contributed by atoms with Crippen molar-refractivity contribution in [2.75, 3.05) is 41.5 Å². The Hall–Kier alpha value is -3.24. The van der Waals surface area contributed by atoms with Gasteiger partial charge >= 0.3 is 5.97 Å². The molecule has 9 nitrogen and oxygen atoms in total. The maximum absolute atomic E-state index is 13.2. The van der Waals surface area contributed by atoms with Gasteiger partial charge in [0.1, 0.15) is 16.1 Å². The van der Waals surface area contributed by atoms with E-state index in [2.05, 4.69) is 9.88 Å². The summed E-state index contributed by atoms with van der Waals surface area (Å²) in [5, 5.41) is 0.909. The van der Waals surface area contributed by atoms with E-state index in [4.69, 9.17) is 46.9 Å². The molecule has 0 saturated heterocycles. The summed E-state index contributed by atoms with van der Waals surface area (Å²) in [6.45, 7) is 1.43. The Kier molecular flexibility index (Phi) is 10.7. The van der Waals surface area contributed by atoms with Gasteiger partial charge in [0.05, 0.1) is 35.0 Å². The molecule has 39 heavy (non-hydrogen) atoms. The number of benzene rings is 2. The minimum atomic E-state index is -0.652. The first-order valence-electron chi connectivity index (χ1n) is 12.1. The second-order valence-electron chi connectivity index (χ2n) is 8.86. The van der Waals surface area contributed by atoms with Crippen LogP contribution < -0.4 is 23.9 Å². The summed E-state index contributed by atoms with van der Waals surface area (Å²) in [5.41, 5.74) is 3.68. The van der Waals surface area contributed by atoms with Crippen molar-refractivity contribution < 1.29 is 38.9 Å². The number of carbonyl (C=O) groups excluding carboxylic acids is 1. The largest absolute Gasteiger partial charge is 0.870 e. The van der Waals surface area contributed by atoms with Crippen molar-refractivity contribution in [3.63, 3.8) is 0 Å². The van der Waals surface area contributed by atoms with Crippen LogP contribution in [0.25, 0.3) is 0 Å². The molecule has 1 atom stereocenters. The highest BCUT2D eigenvalue weighted by molar-refractivity contribution is 6.35. The Labute approximate surface area is 237 Å². The number of H-pyrrole nitrogens is 1. The standard InChI is InChI=1S/C28H30Cl2N2O6.H2O/c1-34-23-6-5-18(10-25(23)35-2)24(12-20-21(29)13-31-14-22(20)30)38-28(33)16-32-8-7-17-9-26(36-3)27(37-4)11-19(17)15-32;/h5-6,9-11,13-14,24H,7-8,12,15-16H2,1-4H3;1H2/t24-;/m0./s1. The SMILES string of the molecule is COc1ccc([C@H](Cc2c(Cl)c[nH+]cc2Cl)OC(=O)CN2CCc3cc(OC)c(OC)cc3C2)cc1OC.[OH-]. The van der Waals surface area contributed by atoms with Crippen molar-refractivity contribution >= 4 is 29.2 Å². The first-order valence-corrected chi connectivity index (χ1v) is 12.8. The first-order chi connectivity index (χ1) is 18.4. The molecule has 3 aromatic rings. The lowest BCUT2D eigenvalue weighted by Gasteiger charge is -2.29. The van der Waals surface area contributed by atoms with Crippen molar-refractivity contribution in [3.05, 3.63) is 75.0 Å². The van der Waals surface area contributed by atoms with Gasteiger partial charge in [-0.3, -0.25) is 9.69 Å². The average Bonchev–Trinajstić information content (AvgIpc) is 2.93. The van der Waals surface area contributed by atoms with Crippen molar-refractivity contribution in [2.45, 2.75) is 25.5 Å². The predicted octanol–water partition coefficient (Wildman–Crippen LogP) is 4.55. The lowest BCUT2D eigenvalue weighted by atomic mass is 9.99. The molecular formula is C28H32Cl2N2O7. The van der Waals surface area contributed by atoms with Gasteiger partial charge in [0.2, 0.25) is 0 Å². The molecule has 4 rings (SSSR count). The molecular weight excluding hydrogens is 547 g/mol. The third-order valence-corrected chi connectivity index (χ3v) is 7.26. The average molecular weight is 579 g/mol. The molecule has 0 bridgehead atoms. The van der Waals surface area contributed by atoms with Crippen molar-refractivity contribution in [1.82, 2.24) is 4.90 Å². The van der Waals surface area contributed by atoms with Gasteiger partial charge in [-0.25, -0.2) is 4.98 Å². The molecule has 0 spiro atoms. The Balaban J connectivity index is 0.00000420. The Bertz CT molecular complexity index is 1280. The van der Waals surface area contributed by atoms with E-state index in [0.717, 1.165) is 17.5 Å². The van der Waals surface area contributed by atoms with E-state index in [9.17, 15) is 4.79 Å².